The van der Waals surface area contributed by atoms with Gasteiger partial charge in [0.1, 0.15) is 5.82 Å². The zero-order valence-corrected chi connectivity index (χ0v) is 15.9. The second-order valence-electron chi connectivity index (χ2n) is 7.25. The Kier molecular flexibility index (Phi) is 7.47. The van der Waals surface area contributed by atoms with Gasteiger partial charge in [0.25, 0.3) is 0 Å². The van der Waals surface area contributed by atoms with Gasteiger partial charge < -0.3 is 10.0 Å². The average molecular weight is 378 g/mol. The maximum atomic E-state index is 13.3. The van der Waals surface area contributed by atoms with Crippen LogP contribution in [-0.2, 0) is 9.59 Å². The quantitative estimate of drug-likeness (QED) is 0.738. The minimum Gasteiger partial charge on any atom is -0.480 e. The smallest absolute Gasteiger partial charge is 0.317 e. The Morgan fingerprint density at radius 2 is 2.04 bits per heavy atom. The molecule has 0 saturated carbocycles. The van der Waals surface area contributed by atoms with Gasteiger partial charge in [-0.3, -0.25) is 19.3 Å². The van der Waals surface area contributed by atoms with Crippen molar-refractivity contribution >= 4 is 17.7 Å². The first-order valence-corrected chi connectivity index (χ1v) is 9.27. The van der Waals surface area contributed by atoms with Crippen LogP contribution in [-0.4, -0.2) is 65.3 Å². The highest BCUT2D eigenvalue weighted by molar-refractivity contribution is 5.99. The van der Waals surface area contributed by atoms with E-state index in [1.807, 2.05) is 4.90 Å². The zero-order chi connectivity index (χ0) is 20.0. The molecule has 1 N–H and O–H groups in total. The molecule has 1 aliphatic rings. The minimum absolute atomic E-state index is 0.0161. The molecule has 27 heavy (non-hydrogen) atoms. The Bertz CT molecular complexity index is 694. The molecule has 1 amide bonds. The van der Waals surface area contributed by atoms with Gasteiger partial charge in [-0.15, -0.1) is 0 Å². The number of rotatable bonds is 7. The molecule has 148 valence electrons. The van der Waals surface area contributed by atoms with E-state index >= 15 is 0 Å². The van der Waals surface area contributed by atoms with Gasteiger partial charge in [0.05, 0.1) is 6.54 Å². The Morgan fingerprint density at radius 3 is 2.70 bits per heavy atom. The highest BCUT2D eigenvalue weighted by Gasteiger charge is 2.26. The van der Waals surface area contributed by atoms with Crippen LogP contribution in [0.25, 0.3) is 0 Å². The Balaban J connectivity index is 1.90. The summed E-state index contributed by atoms with van der Waals surface area (Å²) in [5.74, 6) is -2.18. The molecule has 0 aliphatic carbocycles. The highest BCUT2D eigenvalue weighted by atomic mass is 19.1. The molecule has 0 spiro atoms. The number of carboxylic acids is 1. The first-order valence-electron chi connectivity index (χ1n) is 9.27. The number of nitrogens with zero attached hydrogens (tertiary/aromatic N) is 2. The summed E-state index contributed by atoms with van der Waals surface area (Å²) < 4.78 is 13.3. The van der Waals surface area contributed by atoms with E-state index in [0.717, 1.165) is 12.8 Å². The van der Waals surface area contributed by atoms with E-state index in [0.29, 0.717) is 19.5 Å². The number of carbonyl (C=O) groups excluding carboxylic acids is 2. The van der Waals surface area contributed by atoms with E-state index < -0.39 is 17.7 Å². The number of hydrogen-bond acceptors (Lipinski definition) is 4. The third-order valence-electron chi connectivity index (χ3n) is 5.10. The number of likely N-dealkylation sites (tertiary alicyclic amines) is 1. The number of carbonyl (C=O) groups is 3. The number of ketones is 1. The van der Waals surface area contributed by atoms with Gasteiger partial charge in [-0.1, -0.05) is 19.1 Å². The van der Waals surface area contributed by atoms with E-state index in [4.69, 9.17) is 5.11 Å². The molecular weight excluding hydrogens is 351 g/mol. The molecule has 1 aromatic rings. The molecule has 0 aromatic heterocycles. The number of carboxylic acid groups (broad SMARTS) is 1. The fourth-order valence-electron chi connectivity index (χ4n) is 3.52. The van der Waals surface area contributed by atoms with Gasteiger partial charge in [-0.2, -0.15) is 0 Å². The van der Waals surface area contributed by atoms with E-state index in [1.54, 1.807) is 24.9 Å². The predicted octanol–water partition coefficient (Wildman–Crippen LogP) is 2.43. The Morgan fingerprint density at radius 1 is 1.30 bits per heavy atom. The summed E-state index contributed by atoms with van der Waals surface area (Å²) in [6.07, 6.45) is 2.44. The van der Waals surface area contributed by atoms with Crippen LogP contribution in [0, 0.1) is 11.7 Å². The molecular formula is C20H27FN2O4. The van der Waals surface area contributed by atoms with Crippen LogP contribution in [0.3, 0.4) is 0 Å². The van der Waals surface area contributed by atoms with Crippen LogP contribution in [0.1, 0.15) is 43.0 Å². The Hall–Kier alpha value is -2.28. The maximum Gasteiger partial charge on any atom is 0.317 e. The lowest BCUT2D eigenvalue weighted by atomic mass is 9.95. The molecule has 6 nitrogen and oxygen atoms in total. The molecule has 7 heteroatoms. The van der Waals surface area contributed by atoms with Crippen molar-refractivity contribution in [3.63, 3.8) is 0 Å². The van der Waals surface area contributed by atoms with E-state index in [1.165, 1.54) is 18.2 Å². The van der Waals surface area contributed by atoms with Crippen molar-refractivity contribution in [3.8, 4) is 0 Å². The lowest BCUT2D eigenvalue weighted by molar-refractivity contribution is -0.138. The molecule has 1 aliphatic heterocycles. The molecule has 2 atom stereocenters. The van der Waals surface area contributed by atoms with Gasteiger partial charge in [0.2, 0.25) is 5.91 Å². The van der Waals surface area contributed by atoms with Crippen LogP contribution < -0.4 is 0 Å². The molecule has 0 radical (unpaired) electrons. The van der Waals surface area contributed by atoms with Gasteiger partial charge >= 0.3 is 5.97 Å². The van der Waals surface area contributed by atoms with Crippen molar-refractivity contribution in [3.05, 3.63) is 35.6 Å². The fraction of sp³-hybridized carbons (Fsp3) is 0.550. The van der Waals surface area contributed by atoms with Crippen molar-refractivity contribution in [1.29, 1.82) is 0 Å². The van der Waals surface area contributed by atoms with Gasteiger partial charge in [0.15, 0.2) is 5.78 Å². The number of hydrogen-bond donors (Lipinski definition) is 1. The van der Waals surface area contributed by atoms with E-state index in [-0.39, 0.29) is 36.3 Å². The van der Waals surface area contributed by atoms with Gasteiger partial charge in [-0.25, -0.2) is 4.39 Å². The van der Waals surface area contributed by atoms with Crippen molar-refractivity contribution in [2.75, 3.05) is 26.7 Å². The first-order chi connectivity index (χ1) is 12.8. The molecule has 1 fully saturated rings. The standard InChI is InChI=1S/C20H27FN2O4/c1-14(20(27)15-5-3-6-16(21)12-15)11-18(24)23-9-4-7-17(8-10-23)22(2)13-19(25)26/h3,5-6,12,14,17H,4,7-11,13H2,1-2H3,(H,25,26). The second-order valence-corrected chi connectivity index (χ2v) is 7.25. The lowest BCUT2D eigenvalue weighted by Gasteiger charge is -2.26. The van der Waals surface area contributed by atoms with Crippen LogP contribution in [0.2, 0.25) is 0 Å². The summed E-state index contributed by atoms with van der Waals surface area (Å²) in [5, 5.41) is 8.93. The SMILES string of the molecule is CC(CC(=O)N1CCCC(N(C)CC(=O)O)CC1)C(=O)c1cccc(F)c1. The number of likely N-dealkylation sites (N-methyl/N-ethyl adjacent to an activating group) is 1. The van der Waals surface area contributed by atoms with Crippen LogP contribution in [0.15, 0.2) is 24.3 Å². The number of aliphatic carboxylic acids is 1. The van der Waals surface area contributed by atoms with Crippen LogP contribution in [0.5, 0.6) is 0 Å². The topological polar surface area (TPSA) is 77.9 Å². The molecule has 2 unspecified atom stereocenters. The second kappa shape index (κ2) is 9.60. The third-order valence-corrected chi connectivity index (χ3v) is 5.10. The minimum atomic E-state index is -0.862. The molecule has 2 rings (SSSR count). The number of halogens is 1. The normalized spacial score (nSPS) is 18.8. The predicted molar refractivity (Wildman–Crippen MR) is 99.0 cm³/mol. The summed E-state index contributed by atoms with van der Waals surface area (Å²) in [6, 6.07) is 5.64. The Labute approximate surface area is 158 Å². The molecule has 1 aromatic carbocycles. The summed E-state index contributed by atoms with van der Waals surface area (Å²) in [5.41, 5.74) is 0.279. The zero-order valence-electron chi connectivity index (χ0n) is 15.9. The van der Waals surface area contributed by atoms with Crippen molar-refractivity contribution in [1.82, 2.24) is 9.80 Å². The number of Topliss-reactive ketones (excluding diaryl/α,β-unsaturated/α-hetero) is 1. The van der Waals surface area contributed by atoms with Crippen molar-refractivity contribution in [2.45, 2.75) is 38.6 Å². The lowest BCUT2D eigenvalue weighted by Crippen LogP contribution is -2.38. The fourth-order valence-corrected chi connectivity index (χ4v) is 3.52. The van der Waals surface area contributed by atoms with E-state index in [9.17, 15) is 18.8 Å². The molecule has 0 bridgehead atoms. The van der Waals surface area contributed by atoms with Crippen LogP contribution >= 0.6 is 0 Å². The summed E-state index contributed by atoms with van der Waals surface area (Å²) >= 11 is 0. The number of amides is 1. The largest absolute Gasteiger partial charge is 0.480 e. The van der Waals surface area contributed by atoms with E-state index in [2.05, 4.69) is 0 Å². The number of benzene rings is 1. The van der Waals surface area contributed by atoms with Crippen LogP contribution in [0.4, 0.5) is 4.39 Å². The first kappa shape index (κ1) is 21.0. The van der Waals surface area contributed by atoms with Gasteiger partial charge in [-0.05, 0) is 38.4 Å². The molecule has 1 heterocycles. The molecule has 1 saturated heterocycles. The summed E-state index contributed by atoms with van der Waals surface area (Å²) in [4.78, 5) is 39.5. The third kappa shape index (κ3) is 6.13. The van der Waals surface area contributed by atoms with Gasteiger partial charge in [0, 0.05) is 37.0 Å². The summed E-state index contributed by atoms with van der Waals surface area (Å²) in [6.45, 7) is 2.83. The summed E-state index contributed by atoms with van der Waals surface area (Å²) in [7, 11) is 1.79. The monoisotopic (exact) mass is 378 g/mol. The van der Waals surface area contributed by atoms with Crippen molar-refractivity contribution < 1.29 is 23.9 Å². The average Bonchev–Trinajstić information content (AvgIpc) is 2.86. The maximum absolute atomic E-state index is 13.3. The van der Waals surface area contributed by atoms with Crippen molar-refractivity contribution in [2.24, 2.45) is 5.92 Å². The highest BCUT2D eigenvalue weighted by Crippen LogP contribution is 2.19.